The quantitative estimate of drug-likeness (QED) is 0.356. The fourth-order valence-electron chi connectivity index (χ4n) is 3.58. The molecule has 6 nitrogen and oxygen atoms in total. The van der Waals surface area contributed by atoms with Gasteiger partial charge in [0.15, 0.2) is 0 Å². The lowest BCUT2D eigenvalue weighted by atomic mass is 10.1. The summed E-state index contributed by atoms with van der Waals surface area (Å²) in [5.74, 6) is -0.176. The average molecular weight is 617 g/mol. The molecule has 0 spiro atoms. The van der Waals surface area contributed by atoms with E-state index in [2.05, 4.69) is 4.36 Å². The molecule has 0 radical (unpaired) electrons. The van der Waals surface area contributed by atoms with Crippen LogP contribution < -0.4 is 23.9 Å². The number of rotatable bonds is 3. The molecule has 0 atom stereocenters. The zero-order valence-corrected chi connectivity index (χ0v) is 24.9. The summed E-state index contributed by atoms with van der Waals surface area (Å²) < 4.78 is 8.74. The number of carbonyl (C=O) groups is 2. The summed E-state index contributed by atoms with van der Waals surface area (Å²) in [6, 6.07) is 11.6. The van der Waals surface area contributed by atoms with Crippen LogP contribution in [0.3, 0.4) is 0 Å². The standard InChI is InChI=1S/C24H16N4O2S7/c1-27-21(29)19(36-23(27)31)15-7-5-13(34-15)9-11-3-4-12(18(26-33)17(11)25)10-14-6-8-16(35-14)20-22(30)28(2)24(32)37-20/h3-10H,25H2,1-2H3/b13-9+,14-10+,19-15+,20-16+. The van der Waals surface area contributed by atoms with E-state index in [1.807, 2.05) is 48.6 Å². The molecule has 2 fully saturated rings. The molecule has 2 aliphatic rings. The van der Waals surface area contributed by atoms with E-state index < -0.39 is 0 Å². The normalized spacial score (nSPS) is 20.2. The van der Waals surface area contributed by atoms with Gasteiger partial charge in [0.25, 0.3) is 11.8 Å². The number of hydrogen-bond donors (Lipinski definition) is 1. The Morgan fingerprint density at radius 1 is 0.784 bits per heavy atom. The highest BCUT2D eigenvalue weighted by Crippen LogP contribution is 2.32. The van der Waals surface area contributed by atoms with Crippen LogP contribution in [0, 0.1) is 0 Å². The van der Waals surface area contributed by atoms with Gasteiger partial charge in [-0.05, 0) is 36.4 Å². The van der Waals surface area contributed by atoms with Crippen LogP contribution >= 0.6 is 70.6 Å². The fourth-order valence-corrected chi connectivity index (χ4v) is 8.31. The monoisotopic (exact) mass is 616 g/mol. The molecule has 4 heterocycles. The Labute approximate surface area is 244 Å². The van der Waals surface area contributed by atoms with Crippen LogP contribution in [-0.4, -0.2) is 44.4 Å². The van der Waals surface area contributed by atoms with Gasteiger partial charge in [-0.15, -0.1) is 22.7 Å². The number of benzene rings is 1. The lowest BCUT2D eigenvalue weighted by molar-refractivity contribution is -0.120. The van der Waals surface area contributed by atoms with Crippen molar-refractivity contribution in [2.75, 3.05) is 19.8 Å². The van der Waals surface area contributed by atoms with E-state index in [0.717, 1.165) is 29.3 Å². The molecular weight excluding hydrogens is 601 g/mol. The van der Waals surface area contributed by atoms with Crippen LogP contribution in [0.25, 0.3) is 22.0 Å². The van der Waals surface area contributed by atoms with Gasteiger partial charge in [-0.1, -0.05) is 60.1 Å². The van der Waals surface area contributed by atoms with Gasteiger partial charge in [0.1, 0.15) is 14.3 Å². The molecule has 0 saturated carbocycles. The van der Waals surface area contributed by atoms with Crippen LogP contribution in [0.15, 0.2) is 40.8 Å². The highest BCUT2D eigenvalue weighted by molar-refractivity contribution is 8.30. The Morgan fingerprint density at radius 2 is 1.24 bits per heavy atom. The summed E-state index contributed by atoms with van der Waals surface area (Å²) >= 11 is 21.1. The number of nitrogens with two attached hydrogens (primary N) is 1. The molecule has 0 unspecified atom stereocenters. The van der Waals surface area contributed by atoms with Crippen LogP contribution in [-0.2, 0) is 22.0 Å². The highest BCUT2D eigenvalue weighted by atomic mass is 32.2. The first-order valence-electron chi connectivity index (χ1n) is 10.6. The number of thiocarbonyl (C=S) groups is 2. The molecular formula is C24H16N4O2S7. The summed E-state index contributed by atoms with van der Waals surface area (Å²) in [6.45, 7) is 0. The van der Waals surface area contributed by atoms with E-state index in [9.17, 15) is 9.59 Å². The smallest absolute Gasteiger partial charge is 0.267 e. The first-order valence-corrected chi connectivity index (χ1v) is 15.0. The largest absolute Gasteiger partial charge is 0.396 e. The Balaban J connectivity index is 1.52. The van der Waals surface area contributed by atoms with Crippen molar-refractivity contribution in [3.8, 4) is 0 Å². The molecule has 2 amide bonds. The third-order valence-electron chi connectivity index (χ3n) is 5.59. The summed E-state index contributed by atoms with van der Waals surface area (Å²) in [4.78, 5) is 29.1. The summed E-state index contributed by atoms with van der Waals surface area (Å²) in [5, 5.41) is 0. The van der Waals surface area contributed by atoms with Gasteiger partial charge in [0.2, 0.25) is 0 Å². The molecule has 37 heavy (non-hydrogen) atoms. The third kappa shape index (κ3) is 4.97. The molecule has 186 valence electrons. The molecule has 0 aliphatic carbocycles. The molecule has 3 aromatic rings. The Morgan fingerprint density at radius 3 is 1.68 bits per heavy atom. The molecule has 1 aromatic carbocycles. The topological polar surface area (TPSA) is 79.0 Å². The number of thiophene rings is 2. The van der Waals surface area contributed by atoms with Crippen LogP contribution in [0.2, 0.25) is 0 Å². The van der Waals surface area contributed by atoms with Gasteiger partial charge < -0.3 is 5.73 Å². The summed E-state index contributed by atoms with van der Waals surface area (Å²) in [7, 11) is 3.36. The maximum absolute atomic E-state index is 12.4. The van der Waals surface area contributed by atoms with Crippen molar-refractivity contribution in [2.24, 2.45) is 4.36 Å². The van der Waals surface area contributed by atoms with Crippen LogP contribution in [0.4, 0.5) is 11.4 Å². The van der Waals surface area contributed by atoms with E-state index in [-0.39, 0.29) is 11.8 Å². The van der Waals surface area contributed by atoms with E-state index in [1.165, 1.54) is 56.0 Å². The second kappa shape index (κ2) is 10.5. The van der Waals surface area contributed by atoms with Crippen molar-refractivity contribution >= 4 is 137 Å². The van der Waals surface area contributed by atoms with Crippen molar-refractivity contribution in [1.29, 1.82) is 0 Å². The molecule has 0 bridgehead atoms. The number of nitrogen functional groups attached to an aromatic ring is 1. The van der Waals surface area contributed by atoms with Crippen molar-refractivity contribution in [3.63, 3.8) is 0 Å². The number of thioether (sulfide) groups is 2. The lowest BCUT2D eigenvalue weighted by Crippen LogP contribution is -2.23. The second-order valence-corrected chi connectivity index (χ2v) is 13.6. The molecule has 2 N–H and O–H groups in total. The van der Waals surface area contributed by atoms with Gasteiger partial charge in [0.05, 0.1) is 15.5 Å². The molecule has 2 aromatic heterocycles. The minimum absolute atomic E-state index is 0.0873. The van der Waals surface area contributed by atoms with Gasteiger partial charge in [-0.25, -0.2) is 0 Å². The maximum Gasteiger partial charge on any atom is 0.267 e. The van der Waals surface area contributed by atoms with E-state index >= 15 is 0 Å². The fraction of sp³-hybridized carbons (Fsp3) is 0.0833. The third-order valence-corrected chi connectivity index (χ3v) is 11.3. The SMILES string of the molecule is CN1C(=O)/C(=c2/cc/c(=C\c3ccc(/C=c4\cc/c(=C5\SC(=S)N(C)C5=O)s4)c(N=S)c3N)s2)SC1=S. The first-order chi connectivity index (χ1) is 17.7. The van der Waals surface area contributed by atoms with Crippen molar-refractivity contribution < 1.29 is 9.59 Å². The number of nitrogens with zero attached hydrogens (tertiary/aromatic N) is 3. The zero-order chi connectivity index (χ0) is 26.4. The lowest BCUT2D eigenvalue weighted by Gasteiger charge is -2.07. The molecule has 5 rings (SSSR count). The number of carbonyl (C=O) groups excluding carboxylic acids is 2. The number of anilines is 1. The number of hydrogen-bond acceptors (Lipinski definition) is 11. The summed E-state index contributed by atoms with van der Waals surface area (Å²) in [5.41, 5.74) is 9.02. The van der Waals surface area contributed by atoms with Gasteiger partial charge in [-0.3, -0.25) is 19.4 Å². The Bertz CT molecular complexity index is 1790. The van der Waals surface area contributed by atoms with E-state index in [4.69, 9.17) is 42.6 Å². The predicted molar refractivity (Wildman–Crippen MR) is 167 cm³/mol. The second-order valence-electron chi connectivity index (χ2n) is 7.91. The van der Waals surface area contributed by atoms with Crippen molar-refractivity contribution in [2.45, 2.75) is 0 Å². The van der Waals surface area contributed by atoms with Gasteiger partial charge in [0, 0.05) is 55.8 Å². The van der Waals surface area contributed by atoms with Crippen molar-refractivity contribution in [3.05, 3.63) is 65.7 Å². The molecule has 2 saturated heterocycles. The van der Waals surface area contributed by atoms with E-state index in [0.29, 0.717) is 29.8 Å². The maximum atomic E-state index is 12.4. The predicted octanol–water partition coefficient (Wildman–Crippen LogP) is 2.61. The van der Waals surface area contributed by atoms with Gasteiger partial charge >= 0.3 is 0 Å². The van der Waals surface area contributed by atoms with Crippen LogP contribution in [0.5, 0.6) is 0 Å². The van der Waals surface area contributed by atoms with E-state index in [1.54, 1.807) is 14.1 Å². The highest BCUT2D eigenvalue weighted by Gasteiger charge is 2.30. The summed E-state index contributed by atoms with van der Waals surface area (Å²) in [6.07, 6.45) is 3.90. The molecule has 13 heteroatoms. The minimum atomic E-state index is -0.0884. The molecule has 2 aliphatic heterocycles. The number of amides is 2. The van der Waals surface area contributed by atoms with Gasteiger partial charge in [-0.2, -0.15) is 4.36 Å². The van der Waals surface area contributed by atoms with Crippen LogP contribution in [0.1, 0.15) is 11.1 Å². The minimum Gasteiger partial charge on any atom is -0.396 e. The Hall–Kier alpha value is -2.26. The zero-order valence-electron chi connectivity index (χ0n) is 19.2. The first kappa shape index (κ1) is 26.4. The Kier molecular flexibility index (Phi) is 7.47. The average Bonchev–Trinajstić information content (AvgIpc) is 3.64. The van der Waals surface area contributed by atoms with Crippen molar-refractivity contribution in [1.82, 2.24) is 9.80 Å².